The first-order valence-electron chi connectivity index (χ1n) is 5.86. The zero-order valence-corrected chi connectivity index (χ0v) is 9.81. The summed E-state index contributed by atoms with van der Waals surface area (Å²) in [5.74, 6) is -1.05. The lowest BCUT2D eigenvalue weighted by Gasteiger charge is -2.09. The third kappa shape index (κ3) is 6.91. The minimum absolute atomic E-state index is 0.0422. The van der Waals surface area contributed by atoms with Crippen LogP contribution in [0.5, 0.6) is 0 Å². The fourth-order valence-corrected chi connectivity index (χ4v) is 1.67. The predicted molar refractivity (Wildman–Crippen MR) is 59.7 cm³/mol. The van der Waals surface area contributed by atoms with Crippen LogP contribution in [0, 0.1) is 0 Å². The summed E-state index contributed by atoms with van der Waals surface area (Å²) in [5.41, 5.74) is 0. The van der Waals surface area contributed by atoms with Crippen molar-refractivity contribution in [3.63, 3.8) is 0 Å². The van der Waals surface area contributed by atoms with Crippen LogP contribution >= 0.6 is 0 Å². The number of carboxylic acid groups (broad SMARTS) is 1. The number of carbonyl (C=O) groups excluding carboxylic acids is 1. The number of hydrogen-bond acceptors (Lipinski definition) is 4. The maximum absolute atomic E-state index is 11.4. The number of ether oxygens (including phenoxy) is 2. The second-order valence-electron chi connectivity index (χ2n) is 3.97. The van der Waals surface area contributed by atoms with Gasteiger partial charge in [0.1, 0.15) is 6.61 Å². The Labute approximate surface area is 100 Å². The molecule has 0 radical (unpaired) electrons. The van der Waals surface area contributed by atoms with Gasteiger partial charge in [0.05, 0.1) is 12.7 Å². The standard InChI is InChI=1S/C11H19NO5/c13-10(4-3-9-2-1-6-17-9)12-5-7-16-8-11(14)15/h9H,1-8H2,(H,12,13)(H,14,15). The van der Waals surface area contributed by atoms with Crippen molar-refractivity contribution in [1.82, 2.24) is 5.32 Å². The first kappa shape index (κ1) is 13.9. The Morgan fingerprint density at radius 3 is 2.94 bits per heavy atom. The van der Waals surface area contributed by atoms with Crippen molar-refractivity contribution in [2.45, 2.75) is 31.8 Å². The molecule has 0 aromatic rings. The number of carbonyl (C=O) groups is 2. The van der Waals surface area contributed by atoms with E-state index in [0.29, 0.717) is 13.0 Å². The molecule has 1 aliphatic heterocycles. The number of amides is 1. The van der Waals surface area contributed by atoms with Crippen molar-refractivity contribution < 1.29 is 24.2 Å². The minimum atomic E-state index is -1.00. The van der Waals surface area contributed by atoms with Gasteiger partial charge in [0.15, 0.2) is 0 Å². The molecule has 0 aromatic heterocycles. The molecule has 1 atom stereocenters. The van der Waals surface area contributed by atoms with Gasteiger partial charge in [-0.3, -0.25) is 4.79 Å². The molecule has 0 aliphatic carbocycles. The van der Waals surface area contributed by atoms with Crippen LogP contribution in [-0.2, 0) is 19.1 Å². The lowest BCUT2D eigenvalue weighted by Crippen LogP contribution is -2.28. The van der Waals surface area contributed by atoms with E-state index < -0.39 is 5.97 Å². The topological polar surface area (TPSA) is 84.9 Å². The monoisotopic (exact) mass is 245 g/mol. The van der Waals surface area contributed by atoms with Crippen LogP contribution in [0.3, 0.4) is 0 Å². The molecular formula is C11H19NO5. The Morgan fingerprint density at radius 2 is 2.29 bits per heavy atom. The van der Waals surface area contributed by atoms with E-state index in [4.69, 9.17) is 14.6 Å². The highest BCUT2D eigenvalue weighted by atomic mass is 16.5. The van der Waals surface area contributed by atoms with E-state index in [1.165, 1.54) is 0 Å². The molecule has 2 N–H and O–H groups in total. The van der Waals surface area contributed by atoms with Gasteiger partial charge in [-0.15, -0.1) is 0 Å². The van der Waals surface area contributed by atoms with E-state index in [2.05, 4.69) is 5.32 Å². The highest BCUT2D eigenvalue weighted by Gasteiger charge is 2.16. The van der Waals surface area contributed by atoms with Gasteiger partial charge in [-0.2, -0.15) is 0 Å². The van der Waals surface area contributed by atoms with Crippen LogP contribution in [0.15, 0.2) is 0 Å². The third-order valence-electron chi connectivity index (χ3n) is 2.51. The van der Waals surface area contributed by atoms with Gasteiger partial charge >= 0.3 is 5.97 Å². The van der Waals surface area contributed by atoms with Gasteiger partial charge < -0.3 is 19.9 Å². The molecule has 1 unspecified atom stereocenters. The Bertz CT molecular complexity index is 250. The Kier molecular flexibility index (Phi) is 6.57. The highest BCUT2D eigenvalue weighted by Crippen LogP contribution is 2.16. The van der Waals surface area contributed by atoms with Crippen LogP contribution in [-0.4, -0.2) is 49.5 Å². The average Bonchev–Trinajstić information content (AvgIpc) is 2.78. The summed E-state index contributed by atoms with van der Waals surface area (Å²) in [7, 11) is 0. The number of nitrogens with one attached hydrogen (secondary N) is 1. The largest absolute Gasteiger partial charge is 0.480 e. The van der Waals surface area contributed by atoms with E-state index in [0.717, 1.165) is 25.9 Å². The fraction of sp³-hybridized carbons (Fsp3) is 0.818. The van der Waals surface area contributed by atoms with Crippen LogP contribution in [0.1, 0.15) is 25.7 Å². The second kappa shape index (κ2) is 8.03. The summed E-state index contributed by atoms with van der Waals surface area (Å²) in [6, 6.07) is 0. The van der Waals surface area contributed by atoms with E-state index in [9.17, 15) is 9.59 Å². The first-order chi connectivity index (χ1) is 8.18. The Morgan fingerprint density at radius 1 is 1.47 bits per heavy atom. The van der Waals surface area contributed by atoms with E-state index in [1.807, 2.05) is 0 Å². The zero-order valence-electron chi connectivity index (χ0n) is 9.81. The van der Waals surface area contributed by atoms with Crippen molar-refractivity contribution in [1.29, 1.82) is 0 Å². The molecular weight excluding hydrogens is 226 g/mol. The van der Waals surface area contributed by atoms with E-state index in [-0.39, 0.29) is 25.2 Å². The molecule has 1 rings (SSSR count). The summed E-state index contributed by atoms with van der Waals surface area (Å²) in [5, 5.41) is 11.0. The molecule has 1 aliphatic rings. The van der Waals surface area contributed by atoms with Crippen molar-refractivity contribution in [3.8, 4) is 0 Å². The van der Waals surface area contributed by atoms with Gasteiger partial charge in [0, 0.05) is 19.6 Å². The van der Waals surface area contributed by atoms with E-state index in [1.54, 1.807) is 0 Å². The summed E-state index contributed by atoms with van der Waals surface area (Å²) >= 11 is 0. The first-order valence-corrected chi connectivity index (χ1v) is 5.86. The van der Waals surface area contributed by atoms with Crippen molar-refractivity contribution in [3.05, 3.63) is 0 Å². The highest BCUT2D eigenvalue weighted by molar-refractivity contribution is 5.75. The molecule has 0 aromatic carbocycles. The van der Waals surface area contributed by atoms with Crippen LogP contribution in [0.25, 0.3) is 0 Å². The smallest absolute Gasteiger partial charge is 0.329 e. The van der Waals surface area contributed by atoms with Gasteiger partial charge in [0.25, 0.3) is 0 Å². The number of hydrogen-bond donors (Lipinski definition) is 2. The number of aliphatic carboxylic acids is 1. The van der Waals surface area contributed by atoms with Crippen LogP contribution < -0.4 is 5.32 Å². The molecule has 1 saturated heterocycles. The van der Waals surface area contributed by atoms with Crippen LogP contribution in [0.4, 0.5) is 0 Å². The maximum atomic E-state index is 11.4. The van der Waals surface area contributed by atoms with Gasteiger partial charge in [-0.25, -0.2) is 4.79 Å². The second-order valence-corrected chi connectivity index (χ2v) is 3.97. The Balaban J connectivity index is 1.92. The summed E-state index contributed by atoms with van der Waals surface area (Å²) < 4.78 is 10.2. The Hall–Kier alpha value is -1.14. The van der Waals surface area contributed by atoms with Crippen molar-refractivity contribution >= 4 is 11.9 Å². The van der Waals surface area contributed by atoms with E-state index >= 15 is 0 Å². The number of rotatable bonds is 8. The zero-order chi connectivity index (χ0) is 12.5. The van der Waals surface area contributed by atoms with Crippen LogP contribution in [0.2, 0.25) is 0 Å². The molecule has 0 saturated carbocycles. The van der Waals surface area contributed by atoms with Gasteiger partial charge in [0.2, 0.25) is 5.91 Å². The quantitative estimate of drug-likeness (QED) is 0.595. The average molecular weight is 245 g/mol. The molecule has 1 amide bonds. The molecule has 6 nitrogen and oxygen atoms in total. The molecule has 1 fully saturated rings. The minimum Gasteiger partial charge on any atom is -0.480 e. The number of carboxylic acids is 1. The van der Waals surface area contributed by atoms with Crippen molar-refractivity contribution in [2.75, 3.05) is 26.4 Å². The normalized spacial score (nSPS) is 19.2. The van der Waals surface area contributed by atoms with Crippen molar-refractivity contribution in [2.24, 2.45) is 0 Å². The fourth-order valence-electron chi connectivity index (χ4n) is 1.67. The molecule has 0 spiro atoms. The molecule has 1 heterocycles. The molecule has 6 heteroatoms. The maximum Gasteiger partial charge on any atom is 0.329 e. The lowest BCUT2D eigenvalue weighted by atomic mass is 10.1. The molecule has 17 heavy (non-hydrogen) atoms. The predicted octanol–water partition coefficient (Wildman–Crippen LogP) is 0.163. The van der Waals surface area contributed by atoms with Gasteiger partial charge in [-0.05, 0) is 19.3 Å². The summed E-state index contributed by atoms with van der Waals surface area (Å²) in [6.45, 7) is 1.04. The SMILES string of the molecule is O=C(O)COCCNC(=O)CCC1CCCO1. The van der Waals surface area contributed by atoms with Gasteiger partial charge in [-0.1, -0.05) is 0 Å². The lowest BCUT2D eigenvalue weighted by molar-refractivity contribution is -0.142. The third-order valence-corrected chi connectivity index (χ3v) is 2.51. The summed E-state index contributed by atoms with van der Waals surface area (Å²) in [6.07, 6.45) is 3.54. The summed E-state index contributed by atoms with van der Waals surface area (Å²) in [4.78, 5) is 21.5. The molecule has 0 bridgehead atoms. The molecule has 98 valence electrons.